The van der Waals surface area contributed by atoms with E-state index in [0.29, 0.717) is 149 Å². The summed E-state index contributed by atoms with van der Waals surface area (Å²) in [6.07, 6.45) is 2.16. The molecule has 3 heterocycles. The number of amides is 2. The second-order valence-corrected chi connectivity index (χ2v) is 17.9. The standard InChI is InChI=1S/C49H74F4N4O16S/c1-3-9-57(72-4-2)48(60)36-30-41-40(55-42(54)31-36)32-37(74-41)5-8-49(61)34-56(35-49)43(58)6-10-62-12-14-64-16-18-66-20-22-68-24-26-70-28-29-71-27-25-69-23-21-67-19-17-65-15-13-63-11-7-44(59)73-47-45(52)38(50)33-39(51)46(47)53/h30,32-33,44,59,61H,3-29,31,34-35H2,1-2H3,(H2,54,55). The van der Waals surface area contributed by atoms with Crippen molar-refractivity contribution in [3.63, 3.8) is 0 Å². The molecule has 1 aromatic carbocycles. The van der Waals surface area contributed by atoms with E-state index in [2.05, 4.69) is 9.73 Å². The average Bonchev–Trinajstić information content (AvgIpc) is 3.67. The first-order valence-corrected chi connectivity index (χ1v) is 25.7. The van der Waals surface area contributed by atoms with Gasteiger partial charge in [-0.15, -0.1) is 11.3 Å². The van der Waals surface area contributed by atoms with Crippen molar-refractivity contribution >= 4 is 40.8 Å². The summed E-state index contributed by atoms with van der Waals surface area (Å²) >= 11 is 1.52. The molecule has 2 aromatic rings. The van der Waals surface area contributed by atoms with Gasteiger partial charge in [-0.2, -0.15) is 8.78 Å². The molecular weight excluding hydrogens is 1010 g/mol. The Bertz CT molecular complexity index is 1970. The van der Waals surface area contributed by atoms with Crippen LogP contribution in [0.4, 0.5) is 23.2 Å². The summed E-state index contributed by atoms with van der Waals surface area (Å²) in [6.45, 7) is 12.0. The molecule has 1 unspecified atom stereocenters. The number of β-amino-alcohol motifs (C(OH)–C–C–N with tert-alkyl or cyclic N) is 1. The number of rotatable bonds is 43. The van der Waals surface area contributed by atoms with Gasteiger partial charge in [0, 0.05) is 35.9 Å². The number of hydrogen-bond donors (Lipinski definition) is 3. The van der Waals surface area contributed by atoms with Crippen molar-refractivity contribution in [2.45, 2.75) is 64.3 Å². The van der Waals surface area contributed by atoms with Gasteiger partial charge in [-0.1, -0.05) is 6.92 Å². The minimum absolute atomic E-state index is 0.0434. The second kappa shape index (κ2) is 36.2. The molecule has 2 aliphatic heterocycles. The summed E-state index contributed by atoms with van der Waals surface area (Å²) < 4.78 is 113. The fourth-order valence-corrected chi connectivity index (χ4v) is 8.10. The van der Waals surface area contributed by atoms with Crippen molar-refractivity contribution in [2.24, 2.45) is 10.7 Å². The van der Waals surface area contributed by atoms with E-state index in [9.17, 15) is 37.4 Å². The smallest absolute Gasteiger partial charge is 0.273 e. The average molecular weight is 1080 g/mol. The molecule has 1 fully saturated rings. The van der Waals surface area contributed by atoms with Gasteiger partial charge in [0.15, 0.2) is 23.7 Å². The van der Waals surface area contributed by atoms with Crippen LogP contribution in [0.15, 0.2) is 22.7 Å². The van der Waals surface area contributed by atoms with E-state index in [4.69, 9.17) is 57.9 Å². The summed E-state index contributed by atoms with van der Waals surface area (Å²) in [5, 5.41) is 22.2. The zero-order chi connectivity index (χ0) is 53.4. The number of aryl methyl sites for hydroxylation is 1. The largest absolute Gasteiger partial charge is 0.459 e. The molecule has 420 valence electrons. The van der Waals surface area contributed by atoms with E-state index in [1.54, 1.807) is 4.90 Å². The third-order valence-corrected chi connectivity index (χ3v) is 11.9. The number of aliphatic hydroxyl groups excluding tert-OH is 1. The van der Waals surface area contributed by atoms with Crippen molar-refractivity contribution < 1.29 is 94.3 Å². The van der Waals surface area contributed by atoms with E-state index in [1.807, 2.05) is 26.0 Å². The van der Waals surface area contributed by atoms with Gasteiger partial charge in [-0.3, -0.25) is 14.4 Å². The number of benzene rings is 1. The van der Waals surface area contributed by atoms with E-state index >= 15 is 0 Å². The van der Waals surface area contributed by atoms with Crippen molar-refractivity contribution in [3.8, 4) is 5.75 Å². The van der Waals surface area contributed by atoms with Gasteiger partial charge in [-0.25, -0.2) is 18.8 Å². The van der Waals surface area contributed by atoms with Gasteiger partial charge >= 0.3 is 0 Å². The molecule has 0 aliphatic carbocycles. The number of halogens is 4. The number of nitrogens with two attached hydrogens (primary N) is 1. The molecule has 0 saturated carbocycles. The molecule has 4 rings (SSSR count). The number of likely N-dealkylation sites (tertiary alicyclic amines) is 1. The Labute approximate surface area is 433 Å². The lowest BCUT2D eigenvalue weighted by Gasteiger charge is -2.46. The molecule has 1 aromatic heterocycles. The molecule has 20 nitrogen and oxygen atoms in total. The van der Waals surface area contributed by atoms with Crippen LogP contribution < -0.4 is 10.5 Å². The first-order valence-electron chi connectivity index (χ1n) is 24.9. The SMILES string of the molecule is CCCN(OCC)C(=O)C1=Cc2sc(CCC3(O)CN(C(=O)CCOCCOCCOCCOCCOCCOCCOCCOCCOCCOCCC(O)Oc4c(F)c(F)cc(F)c4F)C3)cc2N=C(N)C1. The highest BCUT2D eigenvalue weighted by Crippen LogP contribution is 2.37. The van der Waals surface area contributed by atoms with Gasteiger partial charge in [0.1, 0.15) is 11.4 Å². The van der Waals surface area contributed by atoms with Crippen LogP contribution in [0.1, 0.15) is 55.7 Å². The maximum Gasteiger partial charge on any atom is 0.273 e. The van der Waals surface area contributed by atoms with Crippen LogP contribution >= 0.6 is 11.3 Å². The lowest BCUT2D eigenvalue weighted by Crippen LogP contribution is -2.63. The van der Waals surface area contributed by atoms with Crippen LogP contribution in [-0.2, 0) is 68.2 Å². The first kappa shape index (κ1) is 62.6. The van der Waals surface area contributed by atoms with E-state index in [0.717, 1.165) is 16.2 Å². The van der Waals surface area contributed by atoms with Crippen molar-refractivity contribution in [2.75, 3.05) is 158 Å². The number of thiophene rings is 1. The highest BCUT2D eigenvalue weighted by atomic mass is 32.1. The summed E-state index contributed by atoms with van der Waals surface area (Å²) in [6, 6.07) is 1.99. The van der Waals surface area contributed by atoms with Gasteiger partial charge < -0.3 is 73.0 Å². The Hall–Kier alpha value is -3.93. The Morgan fingerprint density at radius 3 is 1.65 bits per heavy atom. The fraction of sp³-hybridized carbons (Fsp3) is 0.694. The number of hydrogen-bond acceptors (Lipinski definition) is 19. The van der Waals surface area contributed by atoms with E-state index in [1.165, 1.54) is 16.4 Å². The Morgan fingerprint density at radius 2 is 1.19 bits per heavy atom. The van der Waals surface area contributed by atoms with Gasteiger partial charge in [0.2, 0.25) is 17.5 Å². The topological polar surface area (TPSA) is 230 Å². The normalized spacial score (nSPS) is 14.6. The number of fused-ring (bicyclic) bond motifs is 1. The third-order valence-electron chi connectivity index (χ3n) is 10.7. The minimum Gasteiger partial charge on any atom is -0.459 e. The number of aliphatic hydroxyl groups is 2. The summed E-state index contributed by atoms with van der Waals surface area (Å²) in [4.78, 5) is 39.4. The van der Waals surface area contributed by atoms with Crippen molar-refractivity contribution in [3.05, 3.63) is 50.7 Å². The minimum atomic E-state index is -1.75. The highest BCUT2D eigenvalue weighted by Gasteiger charge is 2.43. The van der Waals surface area contributed by atoms with Crippen LogP contribution in [0, 0.1) is 23.3 Å². The molecule has 0 bridgehead atoms. The quantitative estimate of drug-likeness (QED) is 0.0279. The van der Waals surface area contributed by atoms with Crippen LogP contribution in [0.25, 0.3) is 6.08 Å². The molecule has 74 heavy (non-hydrogen) atoms. The zero-order valence-corrected chi connectivity index (χ0v) is 43.3. The molecule has 0 spiro atoms. The zero-order valence-electron chi connectivity index (χ0n) is 42.5. The first-order chi connectivity index (χ1) is 35.8. The van der Waals surface area contributed by atoms with E-state index < -0.39 is 40.9 Å². The van der Waals surface area contributed by atoms with E-state index in [-0.39, 0.29) is 76.7 Å². The predicted molar refractivity (Wildman–Crippen MR) is 262 cm³/mol. The van der Waals surface area contributed by atoms with Crippen LogP contribution in [0.5, 0.6) is 5.75 Å². The molecule has 25 heteroatoms. The van der Waals surface area contributed by atoms with Crippen LogP contribution in [0.3, 0.4) is 0 Å². The number of carbonyl (C=O) groups is 2. The molecular formula is C49H74F4N4O16S. The Balaban J connectivity index is 0.836. The maximum atomic E-state index is 13.6. The molecule has 4 N–H and O–H groups in total. The number of nitrogens with zero attached hydrogens (tertiary/aromatic N) is 3. The number of hydroxylamine groups is 2. The Morgan fingerprint density at radius 1 is 0.730 bits per heavy atom. The lowest BCUT2D eigenvalue weighted by atomic mass is 9.88. The molecule has 2 amide bonds. The van der Waals surface area contributed by atoms with Crippen LogP contribution in [0.2, 0.25) is 0 Å². The highest BCUT2D eigenvalue weighted by molar-refractivity contribution is 7.13. The molecule has 1 saturated heterocycles. The molecule has 1 atom stereocenters. The van der Waals surface area contributed by atoms with Crippen molar-refractivity contribution in [1.82, 2.24) is 9.96 Å². The van der Waals surface area contributed by atoms with Crippen LogP contribution in [-0.4, -0.2) is 208 Å². The third kappa shape index (κ3) is 24.0. The molecule has 0 radical (unpaired) electrons. The lowest BCUT2D eigenvalue weighted by molar-refractivity contribution is -0.180. The fourth-order valence-electron chi connectivity index (χ4n) is 7.03. The number of carbonyl (C=O) groups excluding carboxylic acids is 2. The monoisotopic (exact) mass is 1080 g/mol. The summed E-state index contributed by atoms with van der Waals surface area (Å²) in [7, 11) is 0. The Kier molecular flexibility index (Phi) is 30.6. The van der Waals surface area contributed by atoms with Gasteiger partial charge in [0.25, 0.3) is 5.91 Å². The van der Waals surface area contributed by atoms with Gasteiger partial charge in [-0.05, 0) is 38.3 Å². The van der Waals surface area contributed by atoms with Gasteiger partial charge in [0.05, 0.1) is 169 Å². The number of amidine groups is 1. The molecule has 2 aliphatic rings. The maximum absolute atomic E-state index is 13.6. The summed E-state index contributed by atoms with van der Waals surface area (Å²) in [5.41, 5.74) is 6.43. The second-order valence-electron chi connectivity index (χ2n) is 16.7. The number of aliphatic imine (C=N–C) groups is 1. The predicted octanol–water partition coefficient (Wildman–Crippen LogP) is 4.12. The number of ether oxygens (including phenoxy) is 11. The summed E-state index contributed by atoms with van der Waals surface area (Å²) in [5.74, 6) is -8.05. The van der Waals surface area contributed by atoms with Crippen molar-refractivity contribution in [1.29, 1.82) is 0 Å².